The van der Waals surface area contributed by atoms with Gasteiger partial charge in [-0.3, -0.25) is 5.43 Å². The van der Waals surface area contributed by atoms with E-state index in [1.807, 2.05) is 6.92 Å². The molecule has 0 saturated carbocycles. The molecule has 0 bridgehead atoms. The van der Waals surface area contributed by atoms with Crippen LogP contribution >= 0.6 is 0 Å². The molecule has 0 fully saturated rings. The minimum atomic E-state index is 0.268. The molecule has 0 spiro atoms. The SMILES string of the molecule is CCOc1nc(NN)nc(NC(CC)CC)n1. The van der Waals surface area contributed by atoms with Crippen molar-refractivity contribution in [2.45, 2.75) is 39.7 Å². The number of rotatable bonds is 7. The molecular formula is C10H20N6O. The smallest absolute Gasteiger partial charge is 0.323 e. The summed E-state index contributed by atoms with van der Waals surface area (Å²) >= 11 is 0. The lowest BCUT2D eigenvalue weighted by molar-refractivity contribution is 0.312. The van der Waals surface area contributed by atoms with Gasteiger partial charge in [-0.2, -0.15) is 15.0 Å². The number of nitrogen functional groups attached to an aromatic ring is 1. The van der Waals surface area contributed by atoms with E-state index in [4.69, 9.17) is 10.6 Å². The molecule has 7 heteroatoms. The molecule has 0 saturated heterocycles. The van der Waals surface area contributed by atoms with Crippen molar-refractivity contribution >= 4 is 11.9 Å². The van der Waals surface area contributed by atoms with Crippen molar-refractivity contribution in [1.82, 2.24) is 15.0 Å². The van der Waals surface area contributed by atoms with E-state index in [9.17, 15) is 0 Å². The number of ether oxygens (including phenoxy) is 1. The maximum absolute atomic E-state index is 5.29. The lowest BCUT2D eigenvalue weighted by Crippen LogP contribution is -2.21. The van der Waals surface area contributed by atoms with Crippen molar-refractivity contribution in [3.63, 3.8) is 0 Å². The van der Waals surface area contributed by atoms with Gasteiger partial charge in [0.2, 0.25) is 11.9 Å². The summed E-state index contributed by atoms with van der Waals surface area (Å²) in [4.78, 5) is 12.3. The number of anilines is 2. The van der Waals surface area contributed by atoms with Crippen LogP contribution < -0.4 is 21.3 Å². The zero-order chi connectivity index (χ0) is 12.7. The van der Waals surface area contributed by atoms with E-state index in [-0.39, 0.29) is 12.0 Å². The molecule has 0 aliphatic heterocycles. The Balaban J connectivity index is 2.85. The van der Waals surface area contributed by atoms with Crippen molar-refractivity contribution in [3.05, 3.63) is 0 Å². The Bertz CT molecular complexity index is 342. The molecular weight excluding hydrogens is 220 g/mol. The number of nitrogens with one attached hydrogen (secondary N) is 2. The average molecular weight is 240 g/mol. The number of nitrogens with zero attached hydrogens (tertiary/aromatic N) is 3. The van der Waals surface area contributed by atoms with Crippen LogP contribution in [0.25, 0.3) is 0 Å². The minimum absolute atomic E-state index is 0.268. The van der Waals surface area contributed by atoms with Crippen molar-refractivity contribution in [2.75, 3.05) is 17.3 Å². The van der Waals surface area contributed by atoms with Gasteiger partial charge >= 0.3 is 6.01 Å². The third-order valence-electron chi connectivity index (χ3n) is 2.34. The summed E-state index contributed by atoms with van der Waals surface area (Å²) in [6.45, 7) is 6.58. The van der Waals surface area contributed by atoms with E-state index < -0.39 is 0 Å². The van der Waals surface area contributed by atoms with Gasteiger partial charge in [0.15, 0.2) is 0 Å². The molecule has 0 aliphatic carbocycles. The number of hydrazine groups is 1. The second kappa shape index (κ2) is 6.85. The van der Waals surface area contributed by atoms with Gasteiger partial charge in [0.1, 0.15) is 0 Å². The Labute approximate surface area is 101 Å². The lowest BCUT2D eigenvalue weighted by Gasteiger charge is -2.15. The largest absolute Gasteiger partial charge is 0.464 e. The first-order valence-electron chi connectivity index (χ1n) is 5.85. The van der Waals surface area contributed by atoms with Gasteiger partial charge in [0, 0.05) is 6.04 Å². The first-order valence-corrected chi connectivity index (χ1v) is 5.85. The van der Waals surface area contributed by atoms with Gasteiger partial charge in [0.25, 0.3) is 0 Å². The molecule has 1 aromatic heterocycles. The van der Waals surface area contributed by atoms with Gasteiger partial charge in [-0.25, -0.2) is 5.84 Å². The van der Waals surface area contributed by atoms with E-state index >= 15 is 0 Å². The Kier molecular flexibility index (Phi) is 5.41. The standard InChI is InChI=1S/C10H20N6O/c1-4-7(5-2)12-8-13-9(16-11)15-10(14-8)17-6-3/h7H,4-6,11H2,1-3H3,(H2,12,13,14,15,16). The summed E-state index contributed by atoms with van der Waals surface area (Å²) in [7, 11) is 0. The van der Waals surface area contributed by atoms with Crippen molar-refractivity contribution < 1.29 is 4.74 Å². The van der Waals surface area contributed by atoms with Crippen LogP contribution in [0, 0.1) is 0 Å². The van der Waals surface area contributed by atoms with Gasteiger partial charge in [-0.15, -0.1) is 0 Å². The zero-order valence-corrected chi connectivity index (χ0v) is 10.5. The fraction of sp³-hybridized carbons (Fsp3) is 0.700. The first kappa shape index (κ1) is 13.4. The quantitative estimate of drug-likeness (QED) is 0.486. The molecule has 0 atom stereocenters. The van der Waals surface area contributed by atoms with Crippen LogP contribution in [0.15, 0.2) is 0 Å². The summed E-state index contributed by atoms with van der Waals surface area (Å²) in [5, 5.41) is 3.21. The molecule has 1 rings (SSSR count). The minimum Gasteiger partial charge on any atom is -0.464 e. The lowest BCUT2D eigenvalue weighted by atomic mass is 10.2. The number of hydrogen-bond donors (Lipinski definition) is 3. The van der Waals surface area contributed by atoms with Gasteiger partial charge in [-0.1, -0.05) is 13.8 Å². The van der Waals surface area contributed by atoms with Crippen LogP contribution in [0.4, 0.5) is 11.9 Å². The van der Waals surface area contributed by atoms with Crippen molar-refractivity contribution in [2.24, 2.45) is 5.84 Å². The molecule has 17 heavy (non-hydrogen) atoms. The topological polar surface area (TPSA) is 98.0 Å². The van der Waals surface area contributed by atoms with Gasteiger partial charge in [-0.05, 0) is 19.8 Å². The Hall–Kier alpha value is -1.63. The zero-order valence-electron chi connectivity index (χ0n) is 10.5. The van der Waals surface area contributed by atoms with Crippen LogP contribution in [0.2, 0.25) is 0 Å². The van der Waals surface area contributed by atoms with E-state index in [1.54, 1.807) is 0 Å². The number of aromatic nitrogens is 3. The highest BCUT2D eigenvalue weighted by atomic mass is 16.5. The molecule has 96 valence electrons. The van der Waals surface area contributed by atoms with Crippen LogP contribution in [0.3, 0.4) is 0 Å². The van der Waals surface area contributed by atoms with Crippen LogP contribution in [-0.4, -0.2) is 27.6 Å². The summed E-state index contributed by atoms with van der Waals surface area (Å²) in [5.74, 6) is 6.06. The first-order chi connectivity index (χ1) is 8.23. The molecule has 0 aromatic carbocycles. The predicted molar refractivity (Wildman–Crippen MR) is 66.8 cm³/mol. The summed E-state index contributed by atoms with van der Waals surface area (Å²) in [5.41, 5.74) is 2.39. The van der Waals surface area contributed by atoms with Crippen molar-refractivity contribution in [1.29, 1.82) is 0 Å². The van der Waals surface area contributed by atoms with Gasteiger partial charge < -0.3 is 10.1 Å². The maximum Gasteiger partial charge on any atom is 0.323 e. The van der Waals surface area contributed by atoms with E-state index in [0.29, 0.717) is 18.6 Å². The van der Waals surface area contributed by atoms with E-state index in [2.05, 4.69) is 39.5 Å². The van der Waals surface area contributed by atoms with Crippen LogP contribution in [0.5, 0.6) is 6.01 Å². The molecule has 0 aliphatic rings. The molecule has 1 heterocycles. The summed E-state index contributed by atoms with van der Waals surface area (Å²) in [6.07, 6.45) is 2.00. The predicted octanol–water partition coefficient (Wildman–Crippen LogP) is 1.16. The van der Waals surface area contributed by atoms with Gasteiger partial charge in [0.05, 0.1) is 6.61 Å². The monoisotopic (exact) mass is 240 g/mol. The number of hydrogen-bond acceptors (Lipinski definition) is 7. The van der Waals surface area contributed by atoms with E-state index in [0.717, 1.165) is 12.8 Å². The third kappa shape index (κ3) is 4.03. The van der Waals surface area contributed by atoms with Crippen molar-refractivity contribution in [3.8, 4) is 6.01 Å². The van der Waals surface area contributed by atoms with E-state index in [1.165, 1.54) is 0 Å². The highest BCUT2D eigenvalue weighted by molar-refractivity contribution is 5.35. The molecule has 0 amide bonds. The number of nitrogens with two attached hydrogens (primary N) is 1. The Morgan fingerprint density at radius 3 is 2.29 bits per heavy atom. The second-order valence-electron chi connectivity index (χ2n) is 3.50. The Morgan fingerprint density at radius 2 is 1.76 bits per heavy atom. The Morgan fingerprint density at radius 1 is 1.12 bits per heavy atom. The molecule has 4 N–H and O–H groups in total. The average Bonchev–Trinajstić information content (AvgIpc) is 2.36. The highest BCUT2D eigenvalue weighted by Crippen LogP contribution is 2.12. The summed E-state index contributed by atoms with van der Waals surface area (Å²) < 4.78 is 5.24. The second-order valence-corrected chi connectivity index (χ2v) is 3.50. The normalized spacial score (nSPS) is 10.4. The summed E-state index contributed by atoms with van der Waals surface area (Å²) in [6, 6.07) is 0.599. The highest BCUT2D eigenvalue weighted by Gasteiger charge is 2.09. The fourth-order valence-electron chi connectivity index (χ4n) is 1.35. The van der Waals surface area contributed by atoms with Crippen LogP contribution in [0.1, 0.15) is 33.6 Å². The van der Waals surface area contributed by atoms with Crippen LogP contribution in [-0.2, 0) is 0 Å². The third-order valence-corrected chi connectivity index (χ3v) is 2.34. The molecule has 0 unspecified atom stereocenters. The fourth-order valence-corrected chi connectivity index (χ4v) is 1.35. The molecule has 1 aromatic rings. The molecule has 7 nitrogen and oxygen atoms in total. The molecule has 0 radical (unpaired) electrons. The maximum atomic E-state index is 5.29.